The van der Waals surface area contributed by atoms with Gasteiger partial charge in [0, 0.05) is 19.8 Å². The number of hydrogen-bond acceptors (Lipinski definition) is 3. The van der Waals surface area contributed by atoms with Crippen LogP contribution in [0.2, 0.25) is 0 Å². The molecule has 76 valence electrons. The molecule has 1 aromatic rings. The molecule has 0 aliphatic rings. The van der Waals surface area contributed by atoms with E-state index in [0.717, 1.165) is 5.69 Å². The van der Waals surface area contributed by atoms with E-state index in [1.807, 2.05) is 44.4 Å². The van der Waals surface area contributed by atoms with E-state index in [-0.39, 0.29) is 12.5 Å². The van der Waals surface area contributed by atoms with E-state index in [1.165, 1.54) is 0 Å². The maximum Gasteiger partial charge on any atom is 0.239 e. The second kappa shape index (κ2) is 5.36. The van der Waals surface area contributed by atoms with Gasteiger partial charge in [-0.15, -0.1) is 0 Å². The number of nitrogens with one attached hydrogen (secondary N) is 2. The van der Waals surface area contributed by atoms with Crippen LogP contribution in [0.4, 0.5) is 5.69 Å². The second-order valence-corrected chi connectivity index (χ2v) is 3.14. The van der Waals surface area contributed by atoms with Gasteiger partial charge in [0.2, 0.25) is 5.91 Å². The van der Waals surface area contributed by atoms with E-state index >= 15 is 0 Å². The van der Waals surface area contributed by atoms with Crippen molar-refractivity contribution >= 4 is 11.6 Å². The number of rotatable bonds is 4. The molecule has 0 fully saturated rings. The van der Waals surface area contributed by atoms with Crippen LogP contribution in [0.25, 0.3) is 0 Å². The van der Waals surface area contributed by atoms with Crippen molar-refractivity contribution in [3.05, 3.63) is 30.3 Å². The van der Waals surface area contributed by atoms with Gasteiger partial charge in [0.15, 0.2) is 0 Å². The minimum atomic E-state index is -0.0510. The molecule has 0 aliphatic heterocycles. The van der Waals surface area contributed by atoms with E-state index in [0.29, 0.717) is 0 Å². The Bertz CT molecular complexity index is 285. The van der Waals surface area contributed by atoms with Crippen LogP contribution in [-0.4, -0.2) is 31.6 Å². The SMILES string of the molecule is CN(C)NCC(=O)Nc1ccccc1. The number of carbonyl (C=O) groups is 1. The summed E-state index contributed by atoms with van der Waals surface area (Å²) in [7, 11) is 3.69. The molecule has 0 aliphatic carbocycles. The van der Waals surface area contributed by atoms with Crippen molar-refractivity contribution in [2.45, 2.75) is 0 Å². The van der Waals surface area contributed by atoms with Crippen molar-refractivity contribution in [2.24, 2.45) is 0 Å². The number of benzene rings is 1. The molecule has 0 saturated carbocycles. The van der Waals surface area contributed by atoms with E-state index in [2.05, 4.69) is 10.7 Å². The molecule has 0 saturated heterocycles. The number of anilines is 1. The summed E-state index contributed by atoms with van der Waals surface area (Å²) in [4.78, 5) is 11.3. The highest BCUT2D eigenvalue weighted by molar-refractivity contribution is 5.92. The van der Waals surface area contributed by atoms with E-state index in [4.69, 9.17) is 0 Å². The molecule has 0 aromatic heterocycles. The van der Waals surface area contributed by atoms with Crippen LogP contribution in [0.1, 0.15) is 0 Å². The van der Waals surface area contributed by atoms with Crippen LogP contribution in [0.5, 0.6) is 0 Å². The minimum Gasteiger partial charge on any atom is -0.325 e. The lowest BCUT2D eigenvalue weighted by Gasteiger charge is -2.11. The molecule has 1 amide bonds. The van der Waals surface area contributed by atoms with Crippen molar-refractivity contribution in [2.75, 3.05) is 26.0 Å². The second-order valence-electron chi connectivity index (χ2n) is 3.14. The summed E-state index contributed by atoms with van der Waals surface area (Å²) in [5.41, 5.74) is 3.70. The van der Waals surface area contributed by atoms with Gasteiger partial charge in [-0.05, 0) is 12.1 Å². The van der Waals surface area contributed by atoms with Crippen molar-refractivity contribution in [3.63, 3.8) is 0 Å². The fraction of sp³-hybridized carbons (Fsp3) is 0.300. The average molecular weight is 193 g/mol. The standard InChI is InChI=1S/C10H15N3O/c1-13(2)11-8-10(14)12-9-6-4-3-5-7-9/h3-7,11H,8H2,1-2H3,(H,12,14). The molecule has 14 heavy (non-hydrogen) atoms. The minimum absolute atomic E-state index is 0.0510. The first-order valence-corrected chi connectivity index (χ1v) is 4.44. The Morgan fingerprint density at radius 1 is 1.29 bits per heavy atom. The van der Waals surface area contributed by atoms with Crippen LogP contribution in [0.3, 0.4) is 0 Å². The zero-order valence-electron chi connectivity index (χ0n) is 8.45. The van der Waals surface area contributed by atoms with Gasteiger partial charge in [-0.1, -0.05) is 18.2 Å². The lowest BCUT2D eigenvalue weighted by molar-refractivity contribution is -0.116. The topological polar surface area (TPSA) is 44.4 Å². The highest BCUT2D eigenvalue weighted by Crippen LogP contribution is 2.03. The van der Waals surface area contributed by atoms with Gasteiger partial charge in [0.25, 0.3) is 0 Å². The summed E-state index contributed by atoms with van der Waals surface area (Å²) in [5.74, 6) is -0.0510. The Morgan fingerprint density at radius 3 is 2.50 bits per heavy atom. The Hall–Kier alpha value is -1.39. The van der Waals surface area contributed by atoms with E-state index < -0.39 is 0 Å². The van der Waals surface area contributed by atoms with Crippen LogP contribution in [-0.2, 0) is 4.79 Å². The summed E-state index contributed by atoms with van der Waals surface area (Å²) >= 11 is 0. The Balaban J connectivity index is 2.35. The zero-order valence-corrected chi connectivity index (χ0v) is 8.45. The molecule has 4 heteroatoms. The number of nitrogens with zero attached hydrogens (tertiary/aromatic N) is 1. The number of para-hydroxylation sites is 1. The van der Waals surface area contributed by atoms with Crippen molar-refractivity contribution in [1.29, 1.82) is 0 Å². The lowest BCUT2D eigenvalue weighted by Crippen LogP contribution is -2.37. The molecule has 1 rings (SSSR count). The fourth-order valence-corrected chi connectivity index (χ4v) is 0.957. The van der Waals surface area contributed by atoms with Crippen molar-refractivity contribution < 1.29 is 4.79 Å². The summed E-state index contributed by atoms with van der Waals surface area (Å²) in [6, 6.07) is 9.39. The van der Waals surface area contributed by atoms with Gasteiger partial charge < -0.3 is 5.32 Å². The number of hydrogen-bond donors (Lipinski definition) is 2. The normalized spacial score (nSPS) is 10.2. The molecule has 0 unspecified atom stereocenters. The molecular weight excluding hydrogens is 178 g/mol. The van der Waals surface area contributed by atoms with Crippen LogP contribution >= 0.6 is 0 Å². The number of hydrazine groups is 1. The molecular formula is C10H15N3O. The van der Waals surface area contributed by atoms with Gasteiger partial charge in [-0.25, -0.2) is 5.43 Å². The lowest BCUT2D eigenvalue weighted by atomic mass is 10.3. The summed E-state index contributed by atoms with van der Waals surface area (Å²) in [6.07, 6.45) is 0. The monoisotopic (exact) mass is 193 g/mol. The summed E-state index contributed by atoms with van der Waals surface area (Å²) in [6.45, 7) is 0.280. The van der Waals surface area contributed by atoms with Crippen LogP contribution < -0.4 is 10.7 Å². The smallest absolute Gasteiger partial charge is 0.239 e. The van der Waals surface area contributed by atoms with Gasteiger partial charge in [-0.3, -0.25) is 9.80 Å². The van der Waals surface area contributed by atoms with Gasteiger partial charge in [0.05, 0.1) is 6.54 Å². The molecule has 0 atom stereocenters. The van der Waals surface area contributed by atoms with Gasteiger partial charge in [-0.2, -0.15) is 0 Å². The van der Waals surface area contributed by atoms with E-state index in [1.54, 1.807) is 5.01 Å². The third-order valence-electron chi connectivity index (χ3n) is 1.61. The van der Waals surface area contributed by atoms with Crippen LogP contribution in [0, 0.1) is 0 Å². The first-order valence-electron chi connectivity index (χ1n) is 4.44. The van der Waals surface area contributed by atoms with Crippen molar-refractivity contribution in [1.82, 2.24) is 10.4 Å². The third-order valence-corrected chi connectivity index (χ3v) is 1.61. The molecule has 2 N–H and O–H groups in total. The Kier molecular flexibility index (Phi) is 4.10. The largest absolute Gasteiger partial charge is 0.325 e. The Labute approximate surface area is 83.9 Å². The first-order chi connectivity index (χ1) is 6.68. The maximum absolute atomic E-state index is 11.3. The molecule has 0 radical (unpaired) electrons. The number of carbonyl (C=O) groups excluding carboxylic acids is 1. The van der Waals surface area contributed by atoms with Gasteiger partial charge >= 0.3 is 0 Å². The highest BCUT2D eigenvalue weighted by atomic mass is 16.2. The average Bonchev–Trinajstić information content (AvgIpc) is 2.16. The van der Waals surface area contributed by atoms with Gasteiger partial charge in [0.1, 0.15) is 0 Å². The maximum atomic E-state index is 11.3. The molecule has 0 bridgehead atoms. The quantitative estimate of drug-likeness (QED) is 0.691. The molecule has 1 aromatic carbocycles. The molecule has 0 heterocycles. The van der Waals surface area contributed by atoms with Crippen LogP contribution in [0.15, 0.2) is 30.3 Å². The highest BCUT2D eigenvalue weighted by Gasteiger charge is 2.00. The number of amides is 1. The van der Waals surface area contributed by atoms with E-state index in [9.17, 15) is 4.79 Å². The predicted octanol–water partition coefficient (Wildman–Crippen LogP) is 0.691. The predicted molar refractivity (Wildman–Crippen MR) is 56.8 cm³/mol. The molecule has 0 spiro atoms. The van der Waals surface area contributed by atoms with Crippen molar-refractivity contribution in [3.8, 4) is 0 Å². The summed E-state index contributed by atoms with van der Waals surface area (Å²) in [5, 5.41) is 4.51. The first kappa shape index (κ1) is 10.7. The summed E-state index contributed by atoms with van der Waals surface area (Å²) < 4.78 is 0. The third kappa shape index (κ3) is 4.02. The molecule has 4 nitrogen and oxygen atoms in total. The zero-order chi connectivity index (χ0) is 10.4. The Morgan fingerprint density at radius 2 is 1.93 bits per heavy atom. The fourth-order valence-electron chi connectivity index (χ4n) is 0.957.